The SMILES string of the molecule is CN(C)C(=O)c1cc(O)ccc1OC(C)(C)C. The molecular formula is C13H19NO3. The summed E-state index contributed by atoms with van der Waals surface area (Å²) in [6.07, 6.45) is 0. The van der Waals surface area contributed by atoms with Gasteiger partial charge in [-0.05, 0) is 39.0 Å². The van der Waals surface area contributed by atoms with E-state index in [1.807, 2.05) is 20.8 Å². The van der Waals surface area contributed by atoms with Crippen molar-refractivity contribution in [3.8, 4) is 11.5 Å². The van der Waals surface area contributed by atoms with Crippen LogP contribution >= 0.6 is 0 Å². The zero-order valence-corrected chi connectivity index (χ0v) is 10.9. The van der Waals surface area contributed by atoms with Crippen molar-refractivity contribution < 1.29 is 14.6 Å². The van der Waals surface area contributed by atoms with Crippen LogP contribution in [0.1, 0.15) is 31.1 Å². The Morgan fingerprint density at radius 1 is 1.29 bits per heavy atom. The van der Waals surface area contributed by atoms with Gasteiger partial charge < -0.3 is 14.7 Å². The van der Waals surface area contributed by atoms with Crippen molar-refractivity contribution in [1.29, 1.82) is 0 Å². The van der Waals surface area contributed by atoms with E-state index in [2.05, 4.69) is 0 Å². The summed E-state index contributed by atoms with van der Waals surface area (Å²) in [5.74, 6) is 0.339. The molecule has 0 spiro atoms. The highest BCUT2D eigenvalue weighted by Gasteiger charge is 2.20. The largest absolute Gasteiger partial charge is 0.508 e. The minimum atomic E-state index is -0.391. The molecule has 17 heavy (non-hydrogen) atoms. The molecule has 1 rings (SSSR count). The number of phenols is 1. The van der Waals surface area contributed by atoms with Crippen molar-refractivity contribution in [2.75, 3.05) is 14.1 Å². The number of carbonyl (C=O) groups is 1. The van der Waals surface area contributed by atoms with Crippen molar-refractivity contribution in [1.82, 2.24) is 4.90 Å². The van der Waals surface area contributed by atoms with Gasteiger partial charge in [-0.2, -0.15) is 0 Å². The molecule has 0 aliphatic rings. The highest BCUT2D eigenvalue weighted by atomic mass is 16.5. The molecular weight excluding hydrogens is 218 g/mol. The molecule has 0 aliphatic heterocycles. The lowest BCUT2D eigenvalue weighted by Gasteiger charge is -2.23. The fraction of sp³-hybridized carbons (Fsp3) is 0.462. The first kappa shape index (κ1) is 13.4. The molecule has 1 N–H and O–H groups in total. The first-order valence-electron chi connectivity index (χ1n) is 5.44. The summed E-state index contributed by atoms with van der Waals surface area (Å²) in [7, 11) is 3.32. The van der Waals surface area contributed by atoms with Crippen LogP contribution < -0.4 is 4.74 Å². The molecule has 0 fully saturated rings. The normalized spacial score (nSPS) is 11.1. The molecule has 0 radical (unpaired) electrons. The van der Waals surface area contributed by atoms with Gasteiger partial charge in [-0.25, -0.2) is 0 Å². The fourth-order valence-corrected chi connectivity index (χ4v) is 1.34. The Balaban J connectivity index is 3.17. The Hall–Kier alpha value is -1.71. The summed E-state index contributed by atoms with van der Waals surface area (Å²) in [6.45, 7) is 5.72. The van der Waals surface area contributed by atoms with Crippen LogP contribution in [0, 0.1) is 0 Å². The van der Waals surface area contributed by atoms with Gasteiger partial charge in [0.05, 0.1) is 5.56 Å². The summed E-state index contributed by atoms with van der Waals surface area (Å²) >= 11 is 0. The number of phenolic OH excluding ortho intramolecular Hbond substituents is 1. The summed E-state index contributed by atoms with van der Waals surface area (Å²) < 4.78 is 5.70. The maximum atomic E-state index is 11.9. The molecule has 4 nitrogen and oxygen atoms in total. The lowest BCUT2D eigenvalue weighted by molar-refractivity contribution is 0.0809. The van der Waals surface area contributed by atoms with Gasteiger partial charge in [-0.3, -0.25) is 4.79 Å². The molecule has 0 atom stereocenters. The number of hydrogen-bond acceptors (Lipinski definition) is 3. The summed E-state index contributed by atoms with van der Waals surface area (Å²) in [5.41, 5.74) is -0.0249. The van der Waals surface area contributed by atoms with Gasteiger partial charge in [0, 0.05) is 14.1 Å². The van der Waals surface area contributed by atoms with Crippen LogP contribution in [0.25, 0.3) is 0 Å². The van der Waals surface area contributed by atoms with Gasteiger partial charge in [0.15, 0.2) is 0 Å². The standard InChI is InChI=1S/C13H19NO3/c1-13(2,3)17-11-7-6-9(15)8-10(11)12(16)14(4)5/h6-8,15H,1-5H3. The van der Waals surface area contributed by atoms with Crippen LogP contribution in [0.15, 0.2) is 18.2 Å². The minimum absolute atomic E-state index is 0.0523. The van der Waals surface area contributed by atoms with E-state index in [0.29, 0.717) is 11.3 Å². The Bertz CT molecular complexity index is 419. The van der Waals surface area contributed by atoms with Crippen molar-refractivity contribution in [2.24, 2.45) is 0 Å². The van der Waals surface area contributed by atoms with Crippen LogP contribution in [-0.2, 0) is 0 Å². The third-order valence-electron chi connectivity index (χ3n) is 2.02. The number of nitrogens with zero attached hydrogens (tertiary/aromatic N) is 1. The van der Waals surface area contributed by atoms with E-state index in [9.17, 15) is 9.90 Å². The van der Waals surface area contributed by atoms with Crippen LogP contribution in [-0.4, -0.2) is 35.6 Å². The average Bonchev–Trinajstić information content (AvgIpc) is 2.17. The molecule has 1 aromatic carbocycles. The van der Waals surface area contributed by atoms with Gasteiger partial charge in [0.25, 0.3) is 5.91 Å². The smallest absolute Gasteiger partial charge is 0.257 e. The molecule has 0 heterocycles. The number of carbonyl (C=O) groups excluding carboxylic acids is 1. The predicted molar refractivity (Wildman–Crippen MR) is 66.5 cm³/mol. The molecule has 0 aromatic heterocycles. The van der Waals surface area contributed by atoms with Crippen LogP contribution in [0.3, 0.4) is 0 Å². The Morgan fingerprint density at radius 3 is 2.35 bits per heavy atom. The second-order valence-corrected chi connectivity index (χ2v) is 5.09. The van der Waals surface area contributed by atoms with Crippen LogP contribution in [0.4, 0.5) is 0 Å². The topological polar surface area (TPSA) is 49.8 Å². The lowest BCUT2D eigenvalue weighted by Crippen LogP contribution is -2.27. The number of rotatable bonds is 2. The van der Waals surface area contributed by atoms with Gasteiger partial charge in [0.1, 0.15) is 17.1 Å². The molecule has 1 amide bonds. The number of hydrogen-bond donors (Lipinski definition) is 1. The monoisotopic (exact) mass is 237 g/mol. The van der Waals surface area contributed by atoms with Gasteiger partial charge in [0.2, 0.25) is 0 Å². The average molecular weight is 237 g/mol. The summed E-state index contributed by atoms with van der Waals surface area (Å²) in [4.78, 5) is 13.4. The highest BCUT2D eigenvalue weighted by Crippen LogP contribution is 2.27. The second-order valence-electron chi connectivity index (χ2n) is 5.09. The van der Waals surface area contributed by atoms with Crippen LogP contribution in [0.2, 0.25) is 0 Å². The highest BCUT2D eigenvalue weighted by molar-refractivity contribution is 5.97. The molecule has 4 heteroatoms. The van der Waals surface area contributed by atoms with Gasteiger partial charge >= 0.3 is 0 Å². The van der Waals surface area contributed by atoms with E-state index >= 15 is 0 Å². The van der Waals surface area contributed by atoms with Crippen molar-refractivity contribution in [2.45, 2.75) is 26.4 Å². The first-order chi connectivity index (χ1) is 7.70. The van der Waals surface area contributed by atoms with Crippen molar-refractivity contribution in [3.05, 3.63) is 23.8 Å². The quantitative estimate of drug-likeness (QED) is 0.858. The van der Waals surface area contributed by atoms with E-state index in [-0.39, 0.29) is 11.7 Å². The molecule has 94 valence electrons. The van der Waals surface area contributed by atoms with E-state index in [1.165, 1.54) is 17.0 Å². The Kier molecular flexibility index (Phi) is 3.66. The van der Waals surface area contributed by atoms with Gasteiger partial charge in [-0.15, -0.1) is 0 Å². The van der Waals surface area contributed by atoms with E-state index in [4.69, 9.17) is 4.74 Å². The number of amides is 1. The maximum Gasteiger partial charge on any atom is 0.257 e. The first-order valence-corrected chi connectivity index (χ1v) is 5.44. The van der Waals surface area contributed by atoms with Crippen molar-refractivity contribution >= 4 is 5.91 Å². The molecule has 0 aliphatic carbocycles. The van der Waals surface area contributed by atoms with E-state index < -0.39 is 5.60 Å². The van der Waals surface area contributed by atoms with Crippen LogP contribution in [0.5, 0.6) is 11.5 Å². The molecule has 0 bridgehead atoms. The number of aromatic hydroxyl groups is 1. The van der Waals surface area contributed by atoms with E-state index in [1.54, 1.807) is 20.2 Å². The summed E-state index contributed by atoms with van der Waals surface area (Å²) in [6, 6.07) is 4.54. The molecule has 1 aromatic rings. The fourth-order valence-electron chi connectivity index (χ4n) is 1.34. The zero-order chi connectivity index (χ0) is 13.2. The predicted octanol–water partition coefficient (Wildman–Crippen LogP) is 2.27. The Labute approximate surface area is 102 Å². The third-order valence-corrected chi connectivity index (χ3v) is 2.02. The van der Waals surface area contributed by atoms with Gasteiger partial charge in [-0.1, -0.05) is 0 Å². The maximum absolute atomic E-state index is 11.9. The molecule has 0 saturated carbocycles. The minimum Gasteiger partial charge on any atom is -0.508 e. The second kappa shape index (κ2) is 4.65. The zero-order valence-electron chi connectivity index (χ0n) is 10.9. The number of ether oxygens (including phenoxy) is 1. The molecule has 0 saturated heterocycles. The Morgan fingerprint density at radius 2 is 1.88 bits per heavy atom. The lowest BCUT2D eigenvalue weighted by atomic mass is 10.1. The van der Waals surface area contributed by atoms with Crippen molar-refractivity contribution in [3.63, 3.8) is 0 Å². The summed E-state index contributed by atoms with van der Waals surface area (Å²) in [5, 5.41) is 9.44. The molecule has 0 unspecified atom stereocenters. The third kappa shape index (κ3) is 3.66. The number of benzene rings is 1. The van der Waals surface area contributed by atoms with E-state index in [0.717, 1.165) is 0 Å².